The molecule has 2 heterocycles. The number of hydrogen-bond acceptors (Lipinski definition) is 5. The second kappa shape index (κ2) is 9.54. The molecule has 0 saturated heterocycles. The van der Waals surface area contributed by atoms with Gasteiger partial charge in [0.25, 0.3) is 5.91 Å². The van der Waals surface area contributed by atoms with Crippen LogP contribution in [0.25, 0.3) is 5.69 Å². The van der Waals surface area contributed by atoms with E-state index in [4.69, 9.17) is 5.10 Å². The lowest BCUT2D eigenvalue weighted by Gasteiger charge is -2.09. The van der Waals surface area contributed by atoms with Gasteiger partial charge in [0.05, 0.1) is 22.8 Å². The van der Waals surface area contributed by atoms with Crippen LogP contribution < -0.4 is 10.0 Å². The van der Waals surface area contributed by atoms with Gasteiger partial charge >= 0.3 is 0 Å². The lowest BCUT2D eigenvalue weighted by Crippen LogP contribution is -2.25. The van der Waals surface area contributed by atoms with Gasteiger partial charge in [0, 0.05) is 22.7 Å². The van der Waals surface area contributed by atoms with Gasteiger partial charge in [-0.1, -0.05) is 30.3 Å². The van der Waals surface area contributed by atoms with Crippen molar-refractivity contribution in [1.29, 1.82) is 0 Å². The van der Waals surface area contributed by atoms with Crippen LogP contribution in [-0.4, -0.2) is 24.1 Å². The molecule has 174 valence electrons. The molecule has 1 aliphatic rings. The maximum Gasteiger partial charge on any atom is 0.251 e. The SMILES string of the molecule is O=C(NCc1nn(-c2ccccc2)c2c1CCC2)c1cccc(S(=O)(=O)NCc2cccs2)c1. The predicted molar refractivity (Wildman–Crippen MR) is 132 cm³/mol. The number of thiophene rings is 1. The molecule has 0 bridgehead atoms. The third-order valence-electron chi connectivity index (χ3n) is 5.85. The standard InChI is InChI=1S/C25H24N4O3S2/c30-25(18-7-4-11-21(15-18)34(31,32)27-16-20-10-6-14-33-20)26-17-23-22-12-5-13-24(22)29(28-23)19-8-2-1-3-9-19/h1-4,6-11,14-15,27H,5,12-13,16-17H2,(H,26,30). The van der Waals surface area contributed by atoms with Crippen molar-refractivity contribution in [2.24, 2.45) is 0 Å². The number of sulfonamides is 1. The molecule has 2 aromatic heterocycles. The van der Waals surface area contributed by atoms with E-state index in [1.165, 1.54) is 34.7 Å². The van der Waals surface area contributed by atoms with Crippen molar-refractivity contribution in [1.82, 2.24) is 19.8 Å². The van der Waals surface area contributed by atoms with E-state index in [-0.39, 0.29) is 29.5 Å². The molecule has 0 saturated carbocycles. The van der Waals surface area contributed by atoms with E-state index in [2.05, 4.69) is 10.0 Å². The number of nitrogens with one attached hydrogen (secondary N) is 2. The Morgan fingerprint density at radius 3 is 2.65 bits per heavy atom. The molecule has 5 rings (SSSR count). The summed E-state index contributed by atoms with van der Waals surface area (Å²) in [7, 11) is -3.73. The second-order valence-corrected chi connectivity index (χ2v) is 10.9. The van der Waals surface area contributed by atoms with E-state index < -0.39 is 10.0 Å². The van der Waals surface area contributed by atoms with Crippen molar-refractivity contribution >= 4 is 27.3 Å². The predicted octanol–water partition coefficient (Wildman–Crippen LogP) is 3.83. The van der Waals surface area contributed by atoms with Crippen LogP contribution in [0.5, 0.6) is 0 Å². The zero-order valence-corrected chi connectivity index (χ0v) is 20.0. The average molecular weight is 493 g/mol. The first-order valence-electron chi connectivity index (χ1n) is 11.1. The normalized spacial score (nSPS) is 13.1. The number of nitrogens with zero attached hydrogens (tertiary/aromatic N) is 2. The van der Waals surface area contributed by atoms with Crippen molar-refractivity contribution < 1.29 is 13.2 Å². The van der Waals surface area contributed by atoms with E-state index in [9.17, 15) is 13.2 Å². The minimum Gasteiger partial charge on any atom is -0.346 e. The Morgan fingerprint density at radius 2 is 1.85 bits per heavy atom. The summed E-state index contributed by atoms with van der Waals surface area (Å²) in [5.74, 6) is -0.337. The average Bonchev–Trinajstić information content (AvgIpc) is 3.61. The van der Waals surface area contributed by atoms with Crippen molar-refractivity contribution in [2.75, 3.05) is 0 Å². The molecule has 0 fully saturated rings. The van der Waals surface area contributed by atoms with Crippen molar-refractivity contribution in [3.05, 3.63) is 99.5 Å². The van der Waals surface area contributed by atoms with E-state index in [0.29, 0.717) is 0 Å². The minimum atomic E-state index is -3.73. The number of carbonyl (C=O) groups excluding carboxylic acids is 1. The Hall–Kier alpha value is -3.27. The number of para-hydroxylation sites is 1. The lowest BCUT2D eigenvalue weighted by molar-refractivity contribution is 0.0950. The van der Waals surface area contributed by atoms with Gasteiger partial charge in [0.15, 0.2) is 0 Å². The highest BCUT2D eigenvalue weighted by Crippen LogP contribution is 2.27. The van der Waals surface area contributed by atoms with Gasteiger partial charge in [-0.15, -0.1) is 11.3 Å². The fourth-order valence-electron chi connectivity index (χ4n) is 4.17. The number of carbonyl (C=O) groups is 1. The van der Waals surface area contributed by atoms with E-state index in [1.54, 1.807) is 12.1 Å². The van der Waals surface area contributed by atoms with Crippen LogP contribution >= 0.6 is 11.3 Å². The van der Waals surface area contributed by atoms with Crippen LogP contribution in [0.3, 0.4) is 0 Å². The van der Waals surface area contributed by atoms with Gasteiger partial charge in [0.2, 0.25) is 10.0 Å². The number of hydrogen-bond donors (Lipinski definition) is 2. The van der Waals surface area contributed by atoms with Crippen molar-refractivity contribution in [3.63, 3.8) is 0 Å². The van der Waals surface area contributed by atoms with Crippen LogP contribution in [0.2, 0.25) is 0 Å². The first-order valence-corrected chi connectivity index (χ1v) is 13.4. The summed E-state index contributed by atoms with van der Waals surface area (Å²) in [6, 6.07) is 19.8. The molecule has 7 nitrogen and oxygen atoms in total. The Labute approximate surface area is 202 Å². The number of fused-ring (bicyclic) bond motifs is 1. The number of rotatable bonds is 8. The number of aromatic nitrogens is 2. The second-order valence-electron chi connectivity index (χ2n) is 8.09. The quantitative estimate of drug-likeness (QED) is 0.391. The van der Waals surface area contributed by atoms with Gasteiger partial charge in [-0.2, -0.15) is 5.10 Å². The Morgan fingerprint density at radius 1 is 1.00 bits per heavy atom. The van der Waals surface area contributed by atoms with Gasteiger partial charge in [-0.05, 0) is 66.6 Å². The van der Waals surface area contributed by atoms with Crippen molar-refractivity contribution in [3.8, 4) is 5.69 Å². The Balaban J connectivity index is 1.29. The maximum absolute atomic E-state index is 12.9. The van der Waals surface area contributed by atoms with Crippen LogP contribution in [0.4, 0.5) is 0 Å². The first kappa shape index (κ1) is 22.5. The molecule has 0 atom stereocenters. The molecule has 2 aromatic carbocycles. The van der Waals surface area contributed by atoms with Crippen LogP contribution in [0.1, 0.15) is 38.6 Å². The largest absolute Gasteiger partial charge is 0.346 e. The van der Waals surface area contributed by atoms with Crippen molar-refractivity contribution in [2.45, 2.75) is 37.2 Å². The van der Waals surface area contributed by atoms with Gasteiger partial charge in [-0.3, -0.25) is 4.79 Å². The van der Waals surface area contributed by atoms with E-state index in [1.807, 2.05) is 52.5 Å². The number of benzene rings is 2. The molecular weight excluding hydrogens is 468 g/mol. The Bertz CT molecular complexity index is 1410. The summed E-state index contributed by atoms with van der Waals surface area (Å²) in [5.41, 5.74) is 4.54. The summed E-state index contributed by atoms with van der Waals surface area (Å²) in [5, 5.41) is 9.58. The molecule has 1 amide bonds. The van der Waals surface area contributed by atoms with Crippen LogP contribution in [-0.2, 0) is 36.0 Å². The smallest absolute Gasteiger partial charge is 0.251 e. The van der Waals surface area contributed by atoms with Gasteiger partial charge < -0.3 is 5.32 Å². The highest BCUT2D eigenvalue weighted by atomic mass is 32.2. The summed E-state index contributed by atoms with van der Waals surface area (Å²) >= 11 is 1.48. The molecule has 0 aliphatic heterocycles. The van der Waals surface area contributed by atoms with Gasteiger partial charge in [-0.25, -0.2) is 17.8 Å². The third kappa shape index (κ3) is 4.68. The van der Waals surface area contributed by atoms with Gasteiger partial charge in [0.1, 0.15) is 0 Å². The van der Waals surface area contributed by atoms with Crippen LogP contribution in [0, 0.1) is 0 Å². The molecule has 9 heteroatoms. The fraction of sp³-hybridized carbons (Fsp3) is 0.200. The molecule has 0 radical (unpaired) electrons. The summed E-state index contributed by atoms with van der Waals surface area (Å²) in [4.78, 5) is 13.8. The molecular formula is C25H24N4O3S2. The van der Waals surface area contributed by atoms with E-state index in [0.717, 1.165) is 35.5 Å². The zero-order chi connectivity index (χ0) is 23.5. The zero-order valence-electron chi connectivity index (χ0n) is 18.4. The molecule has 1 aliphatic carbocycles. The molecule has 34 heavy (non-hydrogen) atoms. The first-order chi connectivity index (χ1) is 16.5. The lowest BCUT2D eigenvalue weighted by atomic mass is 10.2. The summed E-state index contributed by atoms with van der Waals surface area (Å²) in [6.45, 7) is 0.500. The fourth-order valence-corrected chi connectivity index (χ4v) is 5.96. The summed E-state index contributed by atoms with van der Waals surface area (Å²) in [6.07, 6.45) is 2.97. The monoisotopic (exact) mass is 492 g/mol. The molecule has 0 spiro atoms. The third-order valence-corrected chi connectivity index (χ3v) is 8.13. The Kier molecular flexibility index (Phi) is 6.32. The maximum atomic E-state index is 12.9. The number of amides is 1. The summed E-state index contributed by atoms with van der Waals surface area (Å²) < 4.78 is 29.9. The highest BCUT2D eigenvalue weighted by molar-refractivity contribution is 7.89. The molecule has 2 N–H and O–H groups in total. The van der Waals surface area contributed by atoms with Crippen LogP contribution in [0.15, 0.2) is 77.0 Å². The minimum absolute atomic E-state index is 0.0611. The highest BCUT2D eigenvalue weighted by Gasteiger charge is 2.23. The molecule has 4 aromatic rings. The topological polar surface area (TPSA) is 93.1 Å². The van der Waals surface area contributed by atoms with E-state index >= 15 is 0 Å². The molecule has 0 unspecified atom stereocenters.